The first-order valence-corrected chi connectivity index (χ1v) is 6.99. The minimum absolute atomic E-state index is 0.661. The lowest BCUT2D eigenvalue weighted by atomic mass is 10.2. The summed E-state index contributed by atoms with van der Waals surface area (Å²) in [6.45, 7) is 8.63. The van der Waals surface area contributed by atoms with Gasteiger partial charge in [-0.25, -0.2) is 0 Å². The number of aryl methyl sites for hydroxylation is 1. The molecule has 0 aliphatic heterocycles. The van der Waals surface area contributed by atoms with Crippen LogP contribution in [-0.4, -0.2) is 16.3 Å². The predicted octanol–water partition coefficient (Wildman–Crippen LogP) is 3.11. The van der Waals surface area contributed by atoms with Crippen molar-refractivity contribution in [3.05, 3.63) is 17.0 Å². The van der Waals surface area contributed by atoms with Crippen LogP contribution in [0.4, 0.5) is 0 Å². The maximum Gasteiger partial charge on any atom is 0.0641 e. The minimum Gasteiger partial charge on any atom is -0.313 e. The van der Waals surface area contributed by atoms with Gasteiger partial charge in [0.15, 0.2) is 0 Å². The van der Waals surface area contributed by atoms with Crippen molar-refractivity contribution in [1.82, 2.24) is 15.1 Å². The van der Waals surface area contributed by atoms with Crippen molar-refractivity contribution in [2.45, 2.75) is 65.5 Å². The molecule has 0 bridgehead atoms. The van der Waals surface area contributed by atoms with E-state index in [1.54, 1.807) is 0 Å². The molecule has 1 saturated carbocycles. The van der Waals surface area contributed by atoms with E-state index < -0.39 is 0 Å². The lowest BCUT2D eigenvalue weighted by Gasteiger charge is -2.12. The number of aromatic nitrogens is 2. The summed E-state index contributed by atoms with van der Waals surface area (Å²) in [5.74, 6) is 0. The Balaban J connectivity index is 2.10. The lowest BCUT2D eigenvalue weighted by molar-refractivity contribution is 0.454. The van der Waals surface area contributed by atoms with Crippen LogP contribution in [0.15, 0.2) is 0 Å². The quantitative estimate of drug-likeness (QED) is 0.795. The third-order valence-corrected chi connectivity index (χ3v) is 3.87. The molecule has 96 valence electrons. The van der Waals surface area contributed by atoms with E-state index in [1.165, 1.54) is 49.1 Å². The topological polar surface area (TPSA) is 29.9 Å². The standard InChI is InChI=1S/C14H25N3/c1-4-9-15-10-14-11(2)16-17(12(14)3)13-7-5-6-8-13/h13,15H,4-10H2,1-3H3. The van der Waals surface area contributed by atoms with Crippen LogP contribution in [0.25, 0.3) is 0 Å². The van der Waals surface area contributed by atoms with Crippen molar-refractivity contribution in [2.75, 3.05) is 6.54 Å². The number of rotatable bonds is 5. The van der Waals surface area contributed by atoms with Gasteiger partial charge >= 0.3 is 0 Å². The zero-order valence-corrected chi connectivity index (χ0v) is 11.4. The second-order valence-electron chi connectivity index (χ2n) is 5.21. The van der Waals surface area contributed by atoms with Crippen molar-refractivity contribution < 1.29 is 0 Å². The molecule has 1 heterocycles. The SMILES string of the molecule is CCCNCc1c(C)nn(C2CCCC2)c1C. The van der Waals surface area contributed by atoms with Crippen LogP contribution in [0.1, 0.15) is 62.0 Å². The van der Waals surface area contributed by atoms with Crippen LogP contribution in [-0.2, 0) is 6.54 Å². The summed E-state index contributed by atoms with van der Waals surface area (Å²) in [6.07, 6.45) is 6.54. The summed E-state index contributed by atoms with van der Waals surface area (Å²) in [4.78, 5) is 0. The Labute approximate surface area is 105 Å². The van der Waals surface area contributed by atoms with E-state index in [0.29, 0.717) is 6.04 Å². The van der Waals surface area contributed by atoms with Crippen LogP contribution in [0.3, 0.4) is 0 Å². The fourth-order valence-corrected chi connectivity index (χ4v) is 2.85. The molecule has 3 heteroatoms. The molecule has 0 radical (unpaired) electrons. The predicted molar refractivity (Wildman–Crippen MR) is 71.2 cm³/mol. The number of hydrogen-bond donors (Lipinski definition) is 1. The Morgan fingerprint density at radius 2 is 2.00 bits per heavy atom. The summed E-state index contributed by atoms with van der Waals surface area (Å²) in [7, 11) is 0. The smallest absolute Gasteiger partial charge is 0.0641 e. The summed E-state index contributed by atoms with van der Waals surface area (Å²) in [5, 5.41) is 8.23. The van der Waals surface area contributed by atoms with E-state index in [9.17, 15) is 0 Å². The van der Waals surface area contributed by atoms with Crippen molar-refractivity contribution in [3.8, 4) is 0 Å². The second kappa shape index (κ2) is 5.67. The van der Waals surface area contributed by atoms with Gasteiger partial charge in [0, 0.05) is 17.8 Å². The molecule has 1 aliphatic carbocycles. The molecular formula is C14H25N3. The molecule has 1 aromatic rings. The fraction of sp³-hybridized carbons (Fsp3) is 0.786. The molecule has 3 nitrogen and oxygen atoms in total. The third kappa shape index (κ3) is 2.71. The van der Waals surface area contributed by atoms with Gasteiger partial charge in [0.25, 0.3) is 0 Å². The van der Waals surface area contributed by atoms with Crippen LogP contribution < -0.4 is 5.32 Å². The maximum absolute atomic E-state index is 4.75. The normalized spacial score (nSPS) is 16.9. The molecule has 1 fully saturated rings. The number of nitrogens with zero attached hydrogens (tertiary/aromatic N) is 2. The Kier molecular flexibility index (Phi) is 4.21. The van der Waals surface area contributed by atoms with Crippen molar-refractivity contribution >= 4 is 0 Å². The Morgan fingerprint density at radius 1 is 1.29 bits per heavy atom. The van der Waals surface area contributed by atoms with E-state index in [-0.39, 0.29) is 0 Å². The van der Waals surface area contributed by atoms with Gasteiger partial charge < -0.3 is 5.32 Å². The van der Waals surface area contributed by atoms with Crippen LogP contribution >= 0.6 is 0 Å². The molecule has 0 unspecified atom stereocenters. The van der Waals surface area contributed by atoms with Gasteiger partial charge in [-0.1, -0.05) is 19.8 Å². The third-order valence-electron chi connectivity index (χ3n) is 3.87. The van der Waals surface area contributed by atoms with Crippen LogP contribution in [0, 0.1) is 13.8 Å². The molecule has 17 heavy (non-hydrogen) atoms. The summed E-state index contributed by atoms with van der Waals surface area (Å²) in [5.41, 5.74) is 3.99. The highest BCUT2D eigenvalue weighted by atomic mass is 15.3. The lowest BCUT2D eigenvalue weighted by Crippen LogP contribution is -2.15. The number of nitrogens with one attached hydrogen (secondary N) is 1. The van der Waals surface area contributed by atoms with Crippen molar-refractivity contribution in [2.24, 2.45) is 0 Å². The minimum atomic E-state index is 0.661. The van der Waals surface area contributed by atoms with Crippen molar-refractivity contribution in [1.29, 1.82) is 0 Å². The van der Waals surface area contributed by atoms with Gasteiger partial charge in [0.2, 0.25) is 0 Å². The van der Waals surface area contributed by atoms with Gasteiger partial charge in [0.1, 0.15) is 0 Å². The van der Waals surface area contributed by atoms with Gasteiger partial charge in [0.05, 0.1) is 11.7 Å². The highest BCUT2D eigenvalue weighted by molar-refractivity contribution is 5.24. The van der Waals surface area contributed by atoms with Gasteiger partial charge in [-0.05, 0) is 39.7 Å². The molecule has 0 aromatic carbocycles. The first-order chi connectivity index (χ1) is 8.24. The monoisotopic (exact) mass is 235 g/mol. The Hall–Kier alpha value is -0.830. The Bertz CT molecular complexity index is 362. The molecule has 0 saturated heterocycles. The Morgan fingerprint density at radius 3 is 2.65 bits per heavy atom. The van der Waals surface area contributed by atoms with E-state index >= 15 is 0 Å². The highest BCUT2D eigenvalue weighted by Gasteiger charge is 2.21. The molecular weight excluding hydrogens is 210 g/mol. The first-order valence-electron chi connectivity index (χ1n) is 6.99. The van der Waals surface area contributed by atoms with Gasteiger partial charge in [-0.2, -0.15) is 5.10 Å². The highest BCUT2D eigenvalue weighted by Crippen LogP contribution is 2.31. The summed E-state index contributed by atoms with van der Waals surface area (Å²) >= 11 is 0. The number of hydrogen-bond acceptors (Lipinski definition) is 2. The first kappa shape index (κ1) is 12.6. The average Bonchev–Trinajstić information content (AvgIpc) is 2.91. The van der Waals surface area contributed by atoms with E-state index in [0.717, 1.165) is 13.1 Å². The molecule has 1 aromatic heterocycles. The molecule has 0 amide bonds. The summed E-state index contributed by atoms with van der Waals surface area (Å²) < 4.78 is 2.28. The van der Waals surface area contributed by atoms with Crippen LogP contribution in [0.5, 0.6) is 0 Å². The average molecular weight is 235 g/mol. The van der Waals surface area contributed by atoms with Gasteiger partial charge in [-0.15, -0.1) is 0 Å². The zero-order valence-electron chi connectivity index (χ0n) is 11.4. The van der Waals surface area contributed by atoms with E-state index in [2.05, 4.69) is 30.8 Å². The molecule has 2 rings (SSSR count). The fourth-order valence-electron chi connectivity index (χ4n) is 2.85. The summed E-state index contributed by atoms with van der Waals surface area (Å²) in [6, 6.07) is 0.661. The molecule has 0 atom stereocenters. The van der Waals surface area contributed by atoms with Crippen LogP contribution in [0.2, 0.25) is 0 Å². The van der Waals surface area contributed by atoms with E-state index in [1.807, 2.05) is 0 Å². The van der Waals surface area contributed by atoms with E-state index in [4.69, 9.17) is 5.10 Å². The zero-order chi connectivity index (χ0) is 12.3. The maximum atomic E-state index is 4.75. The molecule has 1 N–H and O–H groups in total. The van der Waals surface area contributed by atoms with Gasteiger partial charge in [-0.3, -0.25) is 4.68 Å². The largest absolute Gasteiger partial charge is 0.313 e. The second-order valence-corrected chi connectivity index (χ2v) is 5.21. The molecule has 0 spiro atoms. The molecule has 1 aliphatic rings. The van der Waals surface area contributed by atoms with Crippen molar-refractivity contribution in [3.63, 3.8) is 0 Å².